The summed E-state index contributed by atoms with van der Waals surface area (Å²) in [5, 5.41) is 27.4. The van der Waals surface area contributed by atoms with Crippen molar-refractivity contribution < 1.29 is 29.7 Å². The summed E-state index contributed by atoms with van der Waals surface area (Å²) < 4.78 is 0. The zero-order valence-corrected chi connectivity index (χ0v) is 9.36. The van der Waals surface area contributed by atoms with Crippen LogP contribution < -0.4 is 5.32 Å². The van der Waals surface area contributed by atoms with E-state index in [9.17, 15) is 14.4 Å². The first-order chi connectivity index (χ1) is 7.38. The Hall–Kier alpha value is -1.12. The van der Waals surface area contributed by atoms with E-state index in [0.717, 1.165) is 6.92 Å². The molecule has 0 saturated heterocycles. The van der Waals surface area contributed by atoms with Crippen LogP contribution >= 0.6 is 11.8 Å². The second kappa shape index (κ2) is 7.20. The average Bonchev–Trinajstić information content (AvgIpc) is 2.21. The molecule has 0 rings (SSSR count). The lowest BCUT2D eigenvalue weighted by molar-refractivity contribution is -0.140. The molecule has 0 bridgehead atoms. The average molecular weight is 251 g/mol. The fraction of sp³-hybridized carbons (Fsp3) is 0.625. The van der Waals surface area contributed by atoms with Crippen LogP contribution in [0, 0.1) is 0 Å². The quantitative estimate of drug-likeness (QED) is 0.438. The number of aliphatic hydroxyl groups is 2. The number of hydrogen-bond donors (Lipinski definition) is 4. The monoisotopic (exact) mass is 251 g/mol. The number of hydrogen-bond acceptors (Lipinski definition) is 6. The van der Waals surface area contributed by atoms with Gasteiger partial charge in [0.1, 0.15) is 12.1 Å². The van der Waals surface area contributed by atoms with Gasteiger partial charge in [0.25, 0.3) is 0 Å². The van der Waals surface area contributed by atoms with Gasteiger partial charge in [0.05, 0.1) is 6.61 Å². The van der Waals surface area contributed by atoms with E-state index in [1.54, 1.807) is 0 Å². The molecule has 0 fully saturated rings. The Labute approximate surface area is 95.8 Å². The maximum atomic E-state index is 11.0. The van der Waals surface area contributed by atoms with Crippen molar-refractivity contribution in [3.63, 3.8) is 0 Å². The van der Waals surface area contributed by atoms with Gasteiger partial charge in [0, 0.05) is 12.7 Å². The summed E-state index contributed by atoms with van der Waals surface area (Å²) >= 11 is 0.543. The molecule has 0 aromatic heterocycles. The molecule has 8 heteroatoms. The number of aliphatic hydroxyl groups excluding tert-OH is 2. The second-order valence-corrected chi connectivity index (χ2v) is 3.94. The number of carboxylic acids is 1. The maximum Gasteiger partial charge on any atom is 0.327 e. The summed E-state index contributed by atoms with van der Waals surface area (Å²) in [6.45, 7) is 0.439. The molecule has 0 aliphatic rings. The van der Waals surface area contributed by atoms with Crippen molar-refractivity contribution in [3.8, 4) is 0 Å². The summed E-state index contributed by atoms with van der Waals surface area (Å²) in [7, 11) is 0. The molecule has 0 aliphatic heterocycles. The number of rotatable bonds is 6. The summed E-state index contributed by atoms with van der Waals surface area (Å²) in [6.07, 6.45) is -1.53. The molecule has 1 amide bonds. The van der Waals surface area contributed by atoms with Gasteiger partial charge in [-0.3, -0.25) is 9.59 Å². The summed E-state index contributed by atoms with van der Waals surface area (Å²) in [4.78, 5) is 32.3. The van der Waals surface area contributed by atoms with Gasteiger partial charge in [0.15, 0.2) is 0 Å². The summed E-state index contributed by atoms with van der Waals surface area (Å²) in [5.74, 6) is -2.00. The van der Waals surface area contributed by atoms with Crippen molar-refractivity contribution in [2.75, 3.05) is 12.4 Å². The minimum atomic E-state index is -1.53. The van der Waals surface area contributed by atoms with E-state index in [0.29, 0.717) is 11.8 Å². The van der Waals surface area contributed by atoms with Gasteiger partial charge in [-0.2, -0.15) is 0 Å². The number of thioether (sulfide) groups is 1. The molecule has 2 atom stereocenters. The standard InChI is InChI=1S/C8H13NO6S/c1-4(11)9-5(7(13)14)3-16-8(15)6(12)2-10/h5-6,10,12H,2-3H2,1H3,(H,9,11)(H,13,14). The van der Waals surface area contributed by atoms with Crippen molar-refractivity contribution >= 4 is 28.8 Å². The molecule has 0 radical (unpaired) electrons. The van der Waals surface area contributed by atoms with E-state index in [1.165, 1.54) is 0 Å². The lowest BCUT2D eigenvalue weighted by atomic mass is 10.3. The van der Waals surface area contributed by atoms with Crippen LogP contribution in [-0.2, 0) is 14.4 Å². The Morgan fingerprint density at radius 2 is 1.94 bits per heavy atom. The van der Waals surface area contributed by atoms with Crippen LogP contribution in [0.15, 0.2) is 0 Å². The van der Waals surface area contributed by atoms with Crippen LogP contribution in [0.4, 0.5) is 0 Å². The zero-order chi connectivity index (χ0) is 12.7. The number of carboxylic acid groups (broad SMARTS) is 1. The van der Waals surface area contributed by atoms with Gasteiger partial charge < -0.3 is 20.6 Å². The fourth-order valence-electron chi connectivity index (χ4n) is 0.756. The topological polar surface area (TPSA) is 124 Å². The fourth-order valence-corrected chi connectivity index (χ4v) is 1.58. The SMILES string of the molecule is CC(=O)NC(CSC(=O)C(O)CO)C(=O)O. The van der Waals surface area contributed by atoms with Crippen LogP contribution in [0.2, 0.25) is 0 Å². The molecule has 4 N–H and O–H groups in total. The number of carbonyl (C=O) groups is 3. The Morgan fingerprint density at radius 3 is 2.31 bits per heavy atom. The first-order valence-corrected chi connectivity index (χ1v) is 5.32. The largest absolute Gasteiger partial charge is 0.480 e. The molecular weight excluding hydrogens is 238 g/mol. The highest BCUT2D eigenvalue weighted by molar-refractivity contribution is 8.13. The molecule has 92 valence electrons. The predicted molar refractivity (Wildman–Crippen MR) is 55.8 cm³/mol. The van der Waals surface area contributed by atoms with Gasteiger partial charge in [-0.1, -0.05) is 11.8 Å². The van der Waals surface area contributed by atoms with Crippen molar-refractivity contribution in [2.45, 2.75) is 19.1 Å². The smallest absolute Gasteiger partial charge is 0.327 e. The molecule has 0 spiro atoms. The van der Waals surface area contributed by atoms with Gasteiger partial charge in [-0.05, 0) is 0 Å². The predicted octanol–water partition coefficient (Wildman–Crippen LogP) is -1.81. The first-order valence-electron chi connectivity index (χ1n) is 4.34. The number of amides is 1. The van der Waals surface area contributed by atoms with Crippen LogP contribution in [-0.4, -0.2) is 56.8 Å². The minimum absolute atomic E-state index is 0.204. The highest BCUT2D eigenvalue weighted by Gasteiger charge is 2.22. The van der Waals surface area contributed by atoms with Crippen molar-refractivity contribution in [1.82, 2.24) is 5.32 Å². The van der Waals surface area contributed by atoms with E-state index in [2.05, 4.69) is 5.32 Å². The molecule has 0 aliphatic carbocycles. The lowest BCUT2D eigenvalue weighted by Crippen LogP contribution is -2.42. The van der Waals surface area contributed by atoms with Crippen molar-refractivity contribution in [3.05, 3.63) is 0 Å². The maximum absolute atomic E-state index is 11.0. The Kier molecular flexibility index (Phi) is 6.70. The molecule has 16 heavy (non-hydrogen) atoms. The van der Waals surface area contributed by atoms with Crippen LogP contribution in [0.3, 0.4) is 0 Å². The van der Waals surface area contributed by atoms with Crippen molar-refractivity contribution in [2.24, 2.45) is 0 Å². The third kappa shape index (κ3) is 5.69. The zero-order valence-electron chi connectivity index (χ0n) is 8.54. The highest BCUT2D eigenvalue weighted by Crippen LogP contribution is 2.08. The number of nitrogens with one attached hydrogen (secondary N) is 1. The molecular formula is C8H13NO6S. The molecule has 2 unspecified atom stereocenters. The summed E-state index contributed by atoms with van der Waals surface area (Å²) in [5.41, 5.74) is 0. The van der Waals surface area contributed by atoms with Gasteiger partial charge in [-0.25, -0.2) is 4.79 Å². The van der Waals surface area contributed by atoms with E-state index >= 15 is 0 Å². The highest BCUT2D eigenvalue weighted by atomic mass is 32.2. The minimum Gasteiger partial charge on any atom is -0.480 e. The van der Waals surface area contributed by atoms with E-state index in [4.69, 9.17) is 15.3 Å². The van der Waals surface area contributed by atoms with Gasteiger partial charge in [0.2, 0.25) is 11.0 Å². The van der Waals surface area contributed by atoms with Crippen molar-refractivity contribution in [1.29, 1.82) is 0 Å². The van der Waals surface area contributed by atoms with Gasteiger partial charge in [-0.15, -0.1) is 0 Å². The van der Waals surface area contributed by atoms with E-state index < -0.39 is 35.7 Å². The second-order valence-electron chi connectivity index (χ2n) is 2.92. The third-order valence-corrected chi connectivity index (χ3v) is 2.57. The Balaban J connectivity index is 4.17. The summed E-state index contributed by atoms with van der Waals surface area (Å²) in [6, 6.07) is -1.20. The first kappa shape index (κ1) is 14.9. The Bertz CT molecular complexity index is 282. The normalized spacial score (nSPS) is 13.9. The third-order valence-electron chi connectivity index (χ3n) is 1.51. The van der Waals surface area contributed by atoms with Crippen LogP contribution in [0.5, 0.6) is 0 Å². The molecule has 7 nitrogen and oxygen atoms in total. The number of carbonyl (C=O) groups excluding carboxylic acids is 2. The molecule has 0 saturated carbocycles. The van der Waals surface area contributed by atoms with Gasteiger partial charge >= 0.3 is 5.97 Å². The van der Waals surface area contributed by atoms with Crippen LogP contribution in [0.1, 0.15) is 6.92 Å². The lowest BCUT2D eigenvalue weighted by Gasteiger charge is -2.12. The molecule has 0 aromatic rings. The van der Waals surface area contributed by atoms with Crippen LogP contribution in [0.25, 0.3) is 0 Å². The van der Waals surface area contributed by atoms with E-state index in [-0.39, 0.29) is 5.75 Å². The number of aliphatic carboxylic acids is 1. The molecule has 0 aromatic carbocycles. The van der Waals surface area contributed by atoms with E-state index in [1.807, 2.05) is 0 Å². The Morgan fingerprint density at radius 1 is 1.38 bits per heavy atom. The molecule has 0 heterocycles.